The first-order valence-corrected chi connectivity index (χ1v) is 8.04. The summed E-state index contributed by atoms with van der Waals surface area (Å²) in [6.45, 7) is 8.26. The van der Waals surface area contributed by atoms with Gasteiger partial charge in [0.25, 0.3) is 0 Å². The predicted octanol–water partition coefficient (Wildman–Crippen LogP) is 2.34. The molecule has 1 heterocycles. The lowest BCUT2D eigenvalue weighted by Gasteiger charge is -2.18. The first-order chi connectivity index (χ1) is 11.3. The van der Waals surface area contributed by atoms with Gasteiger partial charge in [0.1, 0.15) is 0 Å². The van der Waals surface area contributed by atoms with Crippen LogP contribution in [0.2, 0.25) is 0 Å². The first-order valence-electron chi connectivity index (χ1n) is 8.04. The van der Waals surface area contributed by atoms with Gasteiger partial charge in [0.2, 0.25) is 11.8 Å². The average Bonchev–Trinajstić information content (AvgIpc) is 2.83. The van der Waals surface area contributed by atoms with E-state index in [4.69, 9.17) is 0 Å². The smallest absolute Gasteiger partial charge is 0.248 e. The minimum atomic E-state index is -0.315. The van der Waals surface area contributed by atoms with Crippen molar-refractivity contribution >= 4 is 23.7 Å². The third-order valence-corrected chi connectivity index (χ3v) is 4.00. The molecule has 0 spiro atoms. The maximum absolute atomic E-state index is 11.8. The van der Waals surface area contributed by atoms with Crippen LogP contribution in [-0.4, -0.2) is 23.7 Å². The largest absolute Gasteiger partial charge is 0.273 e. The second kappa shape index (κ2) is 7.38. The fourth-order valence-corrected chi connectivity index (χ4v) is 2.41. The summed E-state index contributed by atoms with van der Waals surface area (Å²) in [6.07, 6.45) is 2.27. The zero-order valence-electron chi connectivity index (χ0n) is 14.6. The van der Waals surface area contributed by atoms with Crippen LogP contribution in [0.4, 0.5) is 0 Å². The van der Waals surface area contributed by atoms with Gasteiger partial charge < -0.3 is 0 Å². The number of hydrogen-bond acceptors (Lipinski definition) is 4. The summed E-state index contributed by atoms with van der Waals surface area (Å²) in [5.74, 6) is -0.683. The van der Waals surface area contributed by atoms with Crippen LogP contribution in [0.1, 0.15) is 51.7 Å². The Labute approximate surface area is 142 Å². The second-order valence-electron chi connectivity index (χ2n) is 6.99. The predicted molar refractivity (Wildman–Crippen MR) is 94.9 cm³/mol. The fraction of sp³-hybridized carbons (Fsp3) is 0.444. The Balaban J connectivity index is 1.80. The van der Waals surface area contributed by atoms with Crippen LogP contribution in [0.3, 0.4) is 0 Å². The van der Waals surface area contributed by atoms with Crippen LogP contribution in [0, 0.1) is 5.92 Å². The number of amides is 2. The highest BCUT2D eigenvalue weighted by Crippen LogP contribution is 2.21. The molecule has 0 fully saturated rings. The van der Waals surface area contributed by atoms with Crippen molar-refractivity contribution in [3.63, 3.8) is 0 Å². The van der Waals surface area contributed by atoms with Crippen molar-refractivity contribution in [1.82, 2.24) is 10.9 Å². The Morgan fingerprint density at radius 2 is 2.00 bits per heavy atom. The SMILES string of the molecule is CC1=NNC(=O)[C@@H]1CCC(=O)N/N=C/c1ccc(C(C)(C)C)cc1. The van der Waals surface area contributed by atoms with Crippen LogP contribution in [0.5, 0.6) is 0 Å². The fourth-order valence-electron chi connectivity index (χ4n) is 2.41. The monoisotopic (exact) mass is 328 g/mol. The lowest BCUT2D eigenvalue weighted by atomic mass is 9.87. The van der Waals surface area contributed by atoms with Gasteiger partial charge in [0.05, 0.1) is 12.1 Å². The molecule has 0 aromatic heterocycles. The number of rotatable bonds is 5. The zero-order valence-corrected chi connectivity index (χ0v) is 14.6. The summed E-state index contributed by atoms with van der Waals surface area (Å²) >= 11 is 0. The molecular formula is C18H24N4O2. The maximum Gasteiger partial charge on any atom is 0.248 e. The molecule has 0 aliphatic carbocycles. The molecule has 6 nitrogen and oxygen atoms in total. The third kappa shape index (κ3) is 4.75. The topological polar surface area (TPSA) is 82.9 Å². The molecule has 0 saturated carbocycles. The number of carbonyl (C=O) groups excluding carboxylic acids is 2. The molecule has 128 valence electrons. The van der Waals surface area contributed by atoms with Gasteiger partial charge in [-0.3, -0.25) is 9.59 Å². The van der Waals surface area contributed by atoms with Crippen molar-refractivity contribution in [1.29, 1.82) is 0 Å². The molecule has 0 unspecified atom stereocenters. The van der Waals surface area contributed by atoms with Gasteiger partial charge in [-0.15, -0.1) is 0 Å². The Bertz CT molecular complexity index is 669. The Morgan fingerprint density at radius 3 is 2.54 bits per heavy atom. The van der Waals surface area contributed by atoms with Crippen LogP contribution in [0.15, 0.2) is 34.5 Å². The van der Waals surface area contributed by atoms with Gasteiger partial charge in [0, 0.05) is 12.1 Å². The molecule has 1 aliphatic rings. The van der Waals surface area contributed by atoms with E-state index in [0.29, 0.717) is 6.42 Å². The summed E-state index contributed by atoms with van der Waals surface area (Å²) in [5.41, 5.74) is 7.89. The van der Waals surface area contributed by atoms with E-state index < -0.39 is 0 Å². The van der Waals surface area contributed by atoms with Gasteiger partial charge in [-0.2, -0.15) is 10.2 Å². The van der Waals surface area contributed by atoms with E-state index in [0.717, 1.165) is 11.3 Å². The van der Waals surface area contributed by atoms with Crippen LogP contribution >= 0.6 is 0 Å². The second-order valence-corrected chi connectivity index (χ2v) is 6.99. The van der Waals surface area contributed by atoms with E-state index in [2.05, 4.69) is 54.0 Å². The van der Waals surface area contributed by atoms with E-state index in [9.17, 15) is 9.59 Å². The molecular weight excluding hydrogens is 304 g/mol. The van der Waals surface area contributed by atoms with Crippen molar-refractivity contribution in [2.45, 2.75) is 46.0 Å². The normalized spacial score (nSPS) is 17.8. The van der Waals surface area contributed by atoms with Crippen molar-refractivity contribution in [2.24, 2.45) is 16.1 Å². The van der Waals surface area contributed by atoms with Crippen LogP contribution in [0.25, 0.3) is 0 Å². The van der Waals surface area contributed by atoms with Gasteiger partial charge >= 0.3 is 0 Å². The lowest BCUT2D eigenvalue weighted by Crippen LogP contribution is -2.25. The van der Waals surface area contributed by atoms with Crippen molar-refractivity contribution in [3.05, 3.63) is 35.4 Å². The highest BCUT2D eigenvalue weighted by Gasteiger charge is 2.26. The summed E-state index contributed by atoms with van der Waals surface area (Å²) in [5, 5.41) is 7.82. The number of hydrogen-bond donors (Lipinski definition) is 2. The molecule has 2 rings (SSSR count). The van der Waals surface area contributed by atoms with E-state index >= 15 is 0 Å². The quantitative estimate of drug-likeness (QED) is 0.642. The highest BCUT2D eigenvalue weighted by atomic mass is 16.2. The zero-order chi connectivity index (χ0) is 17.7. The van der Waals surface area contributed by atoms with E-state index in [1.54, 1.807) is 13.1 Å². The summed E-state index contributed by atoms with van der Waals surface area (Å²) in [7, 11) is 0. The highest BCUT2D eigenvalue weighted by molar-refractivity contribution is 6.07. The summed E-state index contributed by atoms with van der Waals surface area (Å²) in [4.78, 5) is 23.3. The molecule has 1 aromatic rings. The standard InChI is InChI=1S/C18H24N4O2/c1-12-15(17(24)22-20-12)9-10-16(23)21-19-11-13-5-7-14(8-6-13)18(2,3)4/h5-8,11,15H,9-10H2,1-4H3,(H,21,23)(H,22,24)/b19-11+/t15-/m1/s1. The summed E-state index contributed by atoms with van der Waals surface area (Å²) < 4.78 is 0. The van der Waals surface area contributed by atoms with Crippen molar-refractivity contribution in [2.75, 3.05) is 0 Å². The molecule has 1 aliphatic heterocycles. The molecule has 1 atom stereocenters. The van der Waals surface area contributed by atoms with E-state index in [-0.39, 0.29) is 29.6 Å². The Kier molecular flexibility index (Phi) is 5.49. The van der Waals surface area contributed by atoms with E-state index in [1.807, 2.05) is 12.1 Å². The van der Waals surface area contributed by atoms with Gasteiger partial charge in [-0.05, 0) is 29.9 Å². The van der Waals surface area contributed by atoms with Gasteiger partial charge in [0.15, 0.2) is 0 Å². The Hall–Kier alpha value is -2.50. The molecule has 24 heavy (non-hydrogen) atoms. The number of benzene rings is 1. The minimum Gasteiger partial charge on any atom is -0.273 e. The number of carbonyl (C=O) groups is 2. The van der Waals surface area contributed by atoms with Crippen LogP contribution < -0.4 is 10.9 Å². The number of nitrogens with zero attached hydrogens (tertiary/aromatic N) is 2. The number of nitrogens with one attached hydrogen (secondary N) is 2. The van der Waals surface area contributed by atoms with Crippen molar-refractivity contribution in [3.8, 4) is 0 Å². The molecule has 6 heteroatoms. The van der Waals surface area contributed by atoms with Crippen LogP contribution in [-0.2, 0) is 15.0 Å². The molecule has 0 bridgehead atoms. The van der Waals surface area contributed by atoms with E-state index in [1.165, 1.54) is 5.56 Å². The van der Waals surface area contributed by atoms with Crippen molar-refractivity contribution < 1.29 is 9.59 Å². The molecule has 1 aromatic carbocycles. The summed E-state index contributed by atoms with van der Waals surface area (Å²) in [6, 6.07) is 8.06. The molecule has 2 N–H and O–H groups in total. The maximum atomic E-state index is 11.8. The average molecular weight is 328 g/mol. The minimum absolute atomic E-state index is 0.109. The first kappa shape index (κ1) is 17.8. The number of hydrazone groups is 2. The molecule has 0 saturated heterocycles. The van der Waals surface area contributed by atoms with Gasteiger partial charge in [-0.25, -0.2) is 10.9 Å². The molecule has 0 radical (unpaired) electrons. The lowest BCUT2D eigenvalue weighted by molar-refractivity contribution is -0.123. The third-order valence-electron chi connectivity index (χ3n) is 4.00. The molecule has 2 amide bonds. The van der Waals surface area contributed by atoms with Gasteiger partial charge in [-0.1, -0.05) is 45.0 Å². The Morgan fingerprint density at radius 1 is 1.33 bits per heavy atom.